The second-order valence-electron chi connectivity index (χ2n) is 6.60. The smallest absolute Gasteiger partial charge is 0.272 e. The van der Waals surface area contributed by atoms with E-state index in [1.807, 2.05) is 30.1 Å². The number of imidazole rings is 1. The molecule has 0 saturated heterocycles. The number of nitrogens with one attached hydrogen (secondary N) is 1. The van der Waals surface area contributed by atoms with E-state index in [0.29, 0.717) is 12.2 Å². The largest absolute Gasteiger partial charge is 0.348 e. The minimum Gasteiger partial charge on any atom is -0.348 e. The van der Waals surface area contributed by atoms with Gasteiger partial charge in [-0.25, -0.2) is 4.98 Å². The summed E-state index contributed by atoms with van der Waals surface area (Å²) < 4.78 is 1.69. The van der Waals surface area contributed by atoms with Crippen LogP contribution in [0.25, 0.3) is 0 Å². The van der Waals surface area contributed by atoms with E-state index in [1.165, 1.54) is 0 Å². The number of carbonyl (C=O) groups excluding carboxylic acids is 1. The van der Waals surface area contributed by atoms with E-state index in [0.717, 1.165) is 41.9 Å². The standard InChI is InChI=1S/C19H22N6O/c1-3-5-14-10-16(24(2)23-14)19(26)25-9-7-15-17(22-12-21-15)18(25)13-6-4-8-20-11-13/h4,6,8,10-12,18H,3,5,7,9H2,1-2H3,(H,21,22). The van der Waals surface area contributed by atoms with Crippen LogP contribution >= 0.6 is 0 Å². The number of pyridine rings is 1. The zero-order chi connectivity index (χ0) is 18.1. The number of hydrogen-bond donors (Lipinski definition) is 1. The zero-order valence-electron chi connectivity index (χ0n) is 15.0. The lowest BCUT2D eigenvalue weighted by Crippen LogP contribution is -2.41. The second kappa shape index (κ2) is 6.74. The molecule has 1 amide bonds. The highest BCUT2D eigenvalue weighted by Crippen LogP contribution is 2.34. The van der Waals surface area contributed by atoms with Crippen LogP contribution in [-0.2, 0) is 19.9 Å². The first-order chi connectivity index (χ1) is 12.7. The van der Waals surface area contributed by atoms with Crippen molar-refractivity contribution in [3.63, 3.8) is 0 Å². The topological polar surface area (TPSA) is 79.7 Å². The number of aromatic nitrogens is 5. The minimum atomic E-state index is -0.240. The average molecular weight is 350 g/mol. The third kappa shape index (κ3) is 2.79. The summed E-state index contributed by atoms with van der Waals surface area (Å²) in [7, 11) is 1.83. The van der Waals surface area contributed by atoms with Gasteiger partial charge in [0.25, 0.3) is 5.91 Å². The molecule has 26 heavy (non-hydrogen) atoms. The van der Waals surface area contributed by atoms with E-state index >= 15 is 0 Å². The predicted octanol–water partition coefficient (Wildman–Crippen LogP) is 2.28. The molecular weight excluding hydrogens is 328 g/mol. The van der Waals surface area contributed by atoms with Crippen molar-refractivity contribution in [2.45, 2.75) is 32.2 Å². The van der Waals surface area contributed by atoms with Crippen LogP contribution in [0.5, 0.6) is 0 Å². The molecule has 0 radical (unpaired) electrons. The van der Waals surface area contributed by atoms with Gasteiger partial charge in [-0.1, -0.05) is 19.4 Å². The summed E-state index contributed by atoms with van der Waals surface area (Å²) in [5.74, 6) is -0.0233. The van der Waals surface area contributed by atoms with E-state index in [-0.39, 0.29) is 11.9 Å². The number of H-pyrrole nitrogens is 1. The monoisotopic (exact) mass is 350 g/mol. The van der Waals surface area contributed by atoms with Gasteiger partial charge in [0, 0.05) is 38.1 Å². The third-order valence-electron chi connectivity index (χ3n) is 4.84. The van der Waals surface area contributed by atoms with E-state index < -0.39 is 0 Å². The van der Waals surface area contributed by atoms with Crippen molar-refractivity contribution in [1.29, 1.82) is 0 Å². The molecule has 0 aliphatic carbocycles. The van der Waals surface area contributed by atoms with Gasteiger partial charge in [-0.3, -0.25) is 14.5 Å². The molecule has 3 aromatic rings. The normalized spacial score (nSPS) is 16.5. The number of rotatable bonds is 4. The highest BCUT2D eigenvalue weighted by Gasteiger charge is 2.35. The van der Waals surface area contributed by atoms with Gasteiger partial charge in [-0.05, 0) is 24.1 Å². The summed E-state index contributed by atoms with van der Waals surface area (Å²) in [6.07, 6.45) is 7.88. The molecule has 1 N–H and O–H groups in total. The highest BCUT2D eigenvalue weighted by molar-refractivity contribution is 5.93. The van der Waals surface area contributed by atoms with Gasteiger partial charge in [0.1, 0.15) is 11.7 Å². The Morgan fingerprint density at radius 1 is 1.42 bits per heavy atom. The molecule has 7 nitrogen and oxygen atoms in total. The molecule has 1 unspecified atom stereocenters. The number of carbonyl (C=O) groups is 1. The maximum atomic E-state index is 13.4. The summed E-state index contributed by atoms with van der Waals surface area (Å²) in [6, 6.07) is 5.55. The number of hydrogen-bond acceptors (Lipinski definition) is 4. The molecule has 134 valence electrons. The first-order valence-electron chi connectivity index (χ1n) is 8.95. The molecular formula is C19H22N6O. The lowest BCUT2D eigenvalue weighted by molar-refractivity contribution is 0.0679. The molecule has 1 aliphatic rings. The first kappa shape index (κ1) is 16.5. The number of fused-ring (bicyclic) bond motifs is 1. The summed E-state index contributed by atoms with van der Waals surface area (Å²) in [6.45, 7) is 2.74. The Labute approximate surface area is 152 Å². The van der Waals surface area contributed by atoms with Crippen LogP contribution < -0.4 is 0 Å². The quantitative estimate of drug-likeness (QED) is 0.783. The van der Waals surface area contributed by atoms with Crippen molar-refractivity contribution in [2.75, 3.05) is 6.54 Å². The number of amides is 1. The van der Waals surface area contributed by atoms with Gasteiger partial charge >= 0.3 is 0 Å². The van der Waals surface area contributed by atoms with Crippen molar-refractivity contribution in [3.05, 3.63) is 65.3 Å². The third-order valence-corrected chi connectivity index (χ3v) is 4.84. The Hall–Kier alpha value is -2.96. The van der Waals surface area contributed by atoms with Crippen LogP contribution in [0, 0.1) is 0 Å². The van der Waals surface area contributed by atoms with Gasteiger partial charge in [0.15, 0.2) is 0 Å². The lowest BCUT2D eigenvalue weighted by atomic mass is 9.96. The van der Waals surface area contributed by atoms with Crippen LogP contribution in [0.3, 0.4) is 0 Å². The molecule has 0 fully saturated rings. The van der Waals surface area contributed by atoms with Gasteiger partial charge < -0.3 is 9.88 Å². The first-order valence-corrected chi connectivity index (χ1v) is 8.95. The molecule has 4 rings (SSSR count). The molecule has 3 aromatic heterocycles. The van der Waals surface area contributed by atoms with Gasteiger partial charge in [0.2, 0.25) is 0 Å². The Kier molecular flexibility index (Phi) is 4.28. The van der Waals surface area contributed by atoms with E-state index in [4.69, 9.17) is 0 Å². The molecule has 4 heterocycles. The number of aromatic amines is 1. The van der Waals surface area contributed by atoms with Crippen LogP contribution in [0.15, 0.2) is 36.9 Å². The molecule has 0 saturated carbocycles. The van der Waals surface area contributed by atoms with Gasteiger partial charge in [0.05, 0.1) is 17.7 Å². The Morgan fingerprint density at radius 3 is 3.08 bits per heavy atom. The van der Waals surface area contributed by atoms with E-state index in [1.54, 1.807) is 23.4 Å². The lowest BCUT2D eigenvalue weighted by Gasteiger charge is -2.35. The van der Waals surface area contributed by atoms with E-state index in [9.17, 15) is 4.79 Å². The fraction of sp³-hybridized carbons (Fsp3) is 0.368. The van der Waals surface area contributed by atoms with Crippen molar-refractivity contribution in [2.24, 2.45) is 7.05 Å². The predicted molar refractivity (Wildman–Crippen MR) is 96.6 cm³/mol. The summed E-state index contributed by atoms with van der Waals surface area (Å²) in [5.41, 5.74) is 4.51. The summed E-state index contributed by atoms with van der Waals surface area (Å²) in [5, 5.41) is 4.48. The number of aryl methyl sites for hydroxylation is 2. The molecule has 0 spiro atoms. The van der Waals surface area contributed by atoms with Crippen LogP contribution in [0.4, 0.5) is 0 Å². The fourth-order valence-electron chi connectivity index (χ4n) is 3.62. The molecule has 0 aromatic carbocycles. The second-order valence-corrected chi connectivity index (χ2v) is 6.60. The molecule has 1 aliphatic heterocycles. The van der Waals surface area contributed by atoms with Gasteiger partial charge in [-0.2, -0.15) is 5.10 Å². The van der Waals surface area contributed by atoms with Crippen molar-refractivity contribution in [1.82, 2.24) is 29.6 Å². The number of nitrogens with zero attached hydrogens (tertiary/aromatic N) is 5. The molecule has 7 heteroatoms. The van der Waals surface area contributed by atoms with Crippen molar-refractivity contribution in [3.8, 4) is 0 Å². The maximum Gasteiger partial charge on any atom is 0.272 e. The fourth-order valence-corrected chi connectivity index (χ4v) is 3.62. The molecule has 0 bridgehead atoms. The summed E-state index contributed by atoms with van der Waals surface area (Å²) >= 11 is 0. The van der Waals surface area contributed by atoms with Crippen molar-refractivity contribution >= 4 is 5.91 Å². The summed E-state index contributed by atoms with van der Waals surface area (Å²) in [4.78, 5) is 27.2. The van der Waals surface area contributed by atoms with Crippen LogP contribution in [0.1, 0.15) is 52.5 Å². The van der Waals surface area contributed by atoms with Crippen molar-refractivity contribution < 1.29 is 4.79 Å². The highest BCUT2D eigenvalue weighted by atomic mass is 16.2. The van der Waals surface area contributed by atoms with Crippen LogP contribution in [0.2, 0.25) is 0 Å². The molecule has 1 atom stereocenters. The average Bonchev–Trinajstić information content (AvgIpc) is 3.27. The Morgan fingerprint density at radius 2 is 2.31 bits per heavy atom. The Balaban J connectivity index is 1.74. The van der Waals surface area contributed by atoms with E-state index in [2.05, 4.69) is 27.0 Å². The zero-order valence-corrected chi connectivity index (χ0v) is 15.0. The van der Waals surface area contributed by atoms with Crippen LogP contribution in [-0.4, -0.2) is 42.1 Å². The maximum absolute atomic E-state index is 13.4. The minimum absolute atomic E-state index is 0.0233. The SMILES string of the molecule is CCCc1cc(C(=O)N2CCc3[nH]cnc3C2c2cccnc2)n(C)n1. The Bertz CT molecular complexity index is 913. The van der Waals surface area contributed by atoms with Gasteiger partial charge in [-0.15, -0.1) is 0 Å².